The molecule has 0 aliphatic heterocycles. The minimum absolute atomic E-state index is 0.173. The molecule has 4 nitrogen and oxygen atoms in total. The molecule has 0 aliphatic rings. The number of hydrogen-bond acceptors (Lipinski definition) is 3. The first-order valence-electron chi connectivity index (χ1n) is 5.13. The molecule has 0 bridgehead atoms. The van der Waals surface area contributed by atoms with Crippen LogP contribution in [0.25, 0.3) is 0 Å². The van der Waals surface area contributed by atoms with Crippen molar-refractivity contribution in [3.63, 3.8) is 0 Å². The number of nitrogens with zero attached hydrogens (tertiary/aromatic N) is 2. The third kappa shape index (κ3) is 3.12. The average molecular weight is 197 g/mol. The van der Waals surface area contributed by atoms with Gasteiger partial charge in [0, 0.05) is 25.3 Å². The van der Waals surface area contributed by atoms with Crippen LogP contribution in [0.2, 0.25) is 0 Å². The molecule has 0 aliphatic carbocycles. The summed E-state index contributed by atoms with van der Waals surface area (Å²) in [6.07, 6.45) is 3.09. The molecular weight excluding hydrogens is 178 g/mol. The van der Waals surface area contributed by atoms with Crippen molar-refractivity contribution >= 4 is 0 Å². The Bertz CT molecular complexity index is 260. The highest BCUT2D eigenvalue weighted by Gasteiger charge is 2.03. The summed E-state index contributed by atoms with van der Waals surface area (Å²) in [6.45, 7) is 5.82. The second-order valence-electron chi connectivity index (χ2n) is 3.44. The van der Waals surface area contributed by atoms with E-state index in [9.17, 15) is 0 Å². The zero-order chi connectivity index (χ0) is 10.4. The van der Waals surface area contributed by atoms with Crippen molar-refractivity contribution in [3.8, 4) is 0 Å². The molecule has 0 spiro atoms. The Balaban J connectivity index is 2.42. The maximum atomic E-state index is 8.59. The first-order valence-corrected chi connectivity index (χ1v) is 5.13. The van der Waals surface area contributed by atoms with Gasteiger partial charge in [-0.1, -0.05) is 6.92 Å². The van der Waals surface area contributed by atoms with E-state index in [4.69, 9.17) is 5.11 Å². The van der Waals surface area contributed by atoms with Crippen molar-refractivity contribution in [2.24, 2.45) is 0 Å². The predicted molar refractivity (Wildman–Crippen MR) is 56.0 cm³/mol. The van der Waals surface area contributed by atoms with Gasteiger partial charge in [-0.2, -0.15) is 5.10 Å². The Hall–Kier alpha value is -0.870. The molecule has 0 fully saturated rings. The van der Waals surface area contributed by atoms with Crippen LogP contribution in [-0.4, -0.2) is 28.0 Å². The van der Waals surface area contributed by atoms with Gasteiger partial charge in [0.2, 0.25) is 0 Å². The summed E-state index contributed by atoms with van der Waals surface area (Å²) in [7, 11) is 0. The number of hydrogen-bond donors (Lipinski definition) is 2. The van der Waals surface area contributed by atoms with E-state index in [1.165, 1.54) is 0 Å². The van der Waals surface area contributed by atoms with Crippen LogP contribution in [-0.2, 0) is 6.54 Å². The largest absolute Gasteiger partial charge is 0.395 e. The summed E-state index contributed by atoms with van der Waals surface area (Å²) in [5.74, 6) is 0. The van der Waals surface area contributed by atoms with Gasteiger partial charge in [-0.15, -0.1) is 0 Å². The molecule has 1 rings (SSSR count). The molecule has 1 unspecified atom stereocenters. The molecule has 1 aromatic rings. The van der Waals surface area contributed by atoms with Gasteiger partial charge in [0.25, 0.3) is 0 Å². The van der Waals surface area contributed by atoms with Gasteiger partial charge in [-0.25, -0.2) is 0 Å². The molecule has 80 valence electrons. The van der Waals surface area contributed by atoms with Crippen LogP contribution in [0.5, 0.6) is 0 Å². The lowest BCUT2D eigenvalue weighted by atomic mass is 10.3. The molecule has 1 aromatic heterocycles. The molecule has 2 N–H and O–H groups in total. The van der Waals surface area contributed by atoms with Crippen LogP contribution >= 0.6 is 0 Å². The van der Waals surface area contributed by atoms with E-state index in [0.29, 0.717) is 12.6 Å². The maximum Gasteiger partial charge on any atom is 0.0762 e. The topological polar surface area (TPSA) is 50.1 Å². The molecular formula is C10H19N3O. The van der Waals surface area contributed by atoms with Crippen LogP contribution in [0.15, 0.2) is 12.3 Å². The minimum atomic E-state index is 0.173. The van der Waals surface area contributed by atoms with Crippen molar-refractivity contribution in [1.82, 2.24) is 15.1 Å². The van der Waals surface area contributed by atoms with Crippen molar-refractivity contribution in [2.75, 3.05) is 13.2 Å². The molecule has 1 atom stereocenters. The highest BCUT2D eigenvalue weighted by molar-refractivity contribution is 4.99. The SMILES string of the molecule is CCC(C)n1ccc(CNCCO)n1. The molecule has 4 heteroatoms. The molecule has 14 heavy (non-hydrogen) atoms. The Kier molecular flexibility index (Phi) is 4.62. The highest BCUT2D eigenvalue weighted by atomic mass is 16.3. The third-order valence-corrected chi connectivity index (χ3v) is 2.30. The maximum absolute atomic E-state index is 8.59. The van der Waals surface area contributed by atoms with Gasteiger partial charge in [-0.3, -0.25) is 4.68 Å². The zero-order valence-electron chi connectivity index (χ0n) is 8.90. The predicted octanol–water partition coefficient (Wildman–Crippen LogP) is 0.936. The quantitative estimate of drug-likeness (QED) is 0.667. The number of aromatic nitrogens is 2. The van der Waals surface area contributed by atoms with E-state index in [2.05, 4.69) is 24.3 Å². The first kappa shape index (κ1) is 11.2. The minimum Gasteiger partial charge on any atom is -0.395 e. The third-order valence-electron chi connectivity index (χ3n) is 2.30. The van der Waals surface area contributed by atoms with Crippen molar-refractivity contribution < 1.29 is 5.11 Å². The smallest absolute Gasteiger partial charge is 0.0762 e. The Morgan fingerprint density at radius 3 is 3.07 bits per heavy atom. The van der Waals surface area contributed by atoms with Gasteiger partial charge in [0.1, 0.15) is 0 Å². The standard InChI is InChI=1S/C10H19N3O/c1-3-9(2)13-6-4-10(12-13)8-11-5-7-14/h4,6,9,11,14H,3,5,7-8H2,1-2H3. The summed E-state index contributed by atoms with van der Waals surface area (Å²) in [5.41, 5.74) is 1.03. The number of aliphatic hydroxyl groups excluding tert-OH is 1. The highest BCUT2D eigenvalue weighted by Crippen LogP contribution is 2.08. The van der Waals surface area contributed by atoms with E-state index in [1.807, 2.05) is 16.9 Å². The summed E-state index contributed by atoms with van der Waals surface area (Å²) >= 11 is 0. The van der Waals surface area contributed by atoms with E-state index in [0.717, 1.165) is 18.7 Å². The monoisotopic (exact) mass is 197 g/mol. The van der Waals surface area contributed by atoms with Gasteiger partial charge in [0.15, 0.2) is 0 Å². The second kappa shape index (κ2) is 5.78. The Morgan fingerprint density at radius 2 is 2.43 bits per heavy atom. The number of nitrogens with one attached hydrogen (secondary N) is 1. The van der Waals surface area contributed by atoms with Gasteiger partial charge in [-0.05, 0) is 19.4 Å². The number of rotatable bonds is 6. The lowest BCUT2D eigenvalue weighted by Gasteiger charge is -2.08. The van der Waals surface area contributed by atoms with E-state index in [1.54, 1.807) is 0 Å². The molecule has 0 saturated carbocycles. The van der Waals surface area contributed by atoms with Gasteiger partial charge in [0.05, 0.1) is 12.3 Å². The van der Waals surface area contributed by atoms with Crippen LogP contribution < -0.4 is 5.32 Å². The molecule has 0 amide bonds. The fourth-order valence-corrected chi connectivity index (χ4v) is 1.20. The van der Waals surface area contributed by atoms with Crippen LogP contribution in [0, 0.1) is 0 Å². The van der Waals surface area contributed by atoms with Gasteiger partial charge >= 0.3 is 0 Å². The van der Waals surface area contributed by atoms with Crippen LogP contribution in [0.1, 0.15) is 32.0 Å². The zero-order valence-corrected chi connectivity index (χ0v) is 8.90. The molecule has 0 aromatic carbocycles. The normalized spacial score (nSPS) is 13.1. The second-order valence-corrected chi connectivity index (χ2v) is 3.44. The number of aliphatic hydroxyl groups is 1. The lowest BCUT2D eigenvalue weighted by Crippen LogP contribution is -2.18. The van der Waals surface area contributed by atoms with Gasteiger partial charge < -0.3 is 10.4 Å². The fraction of sp³-hybridized carbons (Fsp3) is 0.700. The Labute approximate surface area is 84.9 Å². The van der Waals surface area contributed by atoms with E-state index in [-0.39, 0.29) is 6.61 Å². The van der Waals surface area contributed by atoms with Crippen molar-refractivity contribution in [3.05, 3.63) is 18.0 Å². The van der Waals surface area contributed by atoms with Crippen LogP contribution in [0.4, 0.5) is 0 Å². The fourth-order valence-electron chi connectivity index (χ4n) is 1.20. The van der Waals surface area contributed by atoms with Crippen molar-refractivity contribution in [2.45, 2.75) is 32.9 Å². The molecule has 1 heterocycles. The first-order chi connectivity index (χ1) is 6.77. The van der Waals surface area contributed by atoms with E-state index >= 15 is 0 Å². The summed E-state index contributed by atoms with van der Waals surface area (Å²) in [4.78, 5) is 0. The Morgan fingerprint density at radius 1 is 1.64 bits per heavy atom. The lowest BCUT2D eigenvalue weighted by molar-refractivity contribution is 0.291. The molecule has 0 radical (unpaired) electrons. The van der Waals surface area contributed by atoms with Crippen molar-refractivity contribution in [1.29, 1.82) is 0 Å². The van der Waals surface area contributed by atoms with E-state index < -0.39 is 0 Å². The van der Waals surface area contributed by atoms with Crippen LogP contribution in [0.3, 0.4) is 0 Å². The summed E-state index contributed by atoms with van der Waals surface area (Å²) < 4.78 is 1.98. The average Bonchev–Trinajstić information content (AvgIpc) is 2.66. The summed E-state index contributed by atoms with van der Waals surface area (Å²) in [6, 6.07) is 2.47. The molecule has 0 saturated heterocycles. The summed E-state index contributed by atoms with van der Waals surface area (Å²) in [5, 5.41) is 16.1.